The number of hydrogen-bond donors (Lipinski definition) is 0. The van der Waals surface area contributed by atoms with Gasteiger partial charge >= 0.3 is 0 Å². The summed E-state index contributed by atoms with van der Waals surface area (Å²) in [5.41, 5.74) is 0.899. The number of nitrogens with zero attached hydrogens (tertiary/aromatic N) is 2. The molecule has 2 fully saturated rings. The first-order chi connectivity index (χ1) is 10.9. The highest BCUT2D eigenvalue weighted by atomic mass is 35.5. The molecule has 1 aromatic rings. The van der Waals surface area contributed by atoms with E-state index in [1.807, 2.05) is 23.1 Å². The summed E-state index contributed by atoms with van der Waals surface area (Å²) in [6, 6.07) is 7.30. The number of sulfone groups is 1. The third-order valence-electron chi connectivity index (χ3n) is 4.00. The summed E-state index contributed by atoms with van der Waals surface area (Å²) < 4.78 is 23.8. The fraction of sp³-hybridized carbons (Fsp3) is 0.467. The first kappa shape index (κ1) is 16.8. The van der Waals surface area contributed by atoms with Crippen molar-refractivity contribution in [3.8, 4) is 0 Å². The molecule has 1 aromatic carbocycles. The third-order valence-corrected chi connectivity index (χ3v) is 7.61. The summed E-state index contributed by atoms with van der Waals surface area (Å²) in [7, 11) is -3.03. The molecule has 3 rings (SSSR count). The summed E-state index contributed by atoms with van der Waals surface area (Å²) in [4.78, 5) is 17.8. The van der Waals surface area contributed by atoms with Crippen molar-refractivity contribution in [2.24, 2.45) is 4.99 Å². The molecule has 23 heavy (non-hydrogen) atoms. The Morgan fingerprint density at radius 3 is 2.83 bits per heavy atom. The standard InChI is InChI=1S/C15H17ClN2O3S2/c1-2-14(19)17-15-18(7-10-5-3-4-6-11(10)16)12-8-23(20,21)9-13(12)22-15/h3-6,12-13H,2,7-9H2,1H3. The van der Waals surface area contributed by atoms with Gasteiger partial charge in [0.15, 0.2) is 15.0 Å². The topological polar surface area (TPSA) is 66.8 Å². The van der Waals surface area contributed by atoms with Crippen LogP contribution in [0.3, 0.4) is 0 Å². The minimum absolute atomic E-state index is 0.0640. The van der Waals surface area contributed by atoms with Crippen LogP contribution in [0, 0.1) is 0 Å². The molecule has 0 aromatic heterocycles. The maximum Gasteiger partial charge on any atom is 0.247 e. The van der Waals surface area contributed by atoms with Crippen molar-refractivity contribution in [1.29, 1.82) is 0 Å². The predicted molar refractivity (Wildman–Crippen MR) is 93.5 cm³/mol. The van der Waals surface area contributed by atoms with Crippen molar-refractivity contribution in [3.63, 3.8) is 0 Å². The van der Waals surface area contributed by atoms with E-state index in [1.165, 1.54) is 11.8 Å². The van der Waals surface area contributed by atoms with Crippen molar-refractivity contribution >= 4 is 44.3 Å². The second-order valence-corrected chi connectivity index (χ2v) is 9.43. The van der Waals surface area contributed by atoms with E-state index in [9.17, 15) is 13.2 Å². The Labute approximate surface area is 145 Å². The van der Waals surface area contributed by atoms with E-state index in [0.29, 0.717) is 23.2 Å². The molecule has 8 heteroatoms. The maximum absolute atomic E-state index is 11.9. The summed E-state index contributed by atoms with van der Waals surface area (Å²) >= 11 is 7.62. The Hall–Kier alpha value is -1.05. The average Bonchev–Trinajstić information content (AvgIpc) is 2.94. The van der Waals surface area contributed by atoms with Gasteiger partial charge in [-0.2, -0.15) is 4.99 Å². The lowest BCUT2D eigenvalue weighted by atomic mass is 10.1. The van der Waals surface area contributed by atoms with Crippen molar-refractivity contribution in [2.75, 3.05) is 11.5 Å². The molecule has 2 unspecified atom stereocenters. The molecule has 1 amide bonds. The number of aliphatic imine (C=N–C) groups is 1. The first-order valence-corrected chi connectivity index (χ1v) is 10.5. The highest BCUT2D eigenvalue weighted by molar-refractivity contribution is 8.15. The zero-order chi connectivity index (χ0) is 16.6. The van der Waals surface area contributed by atoms with Gasteiger partial charge in [0, 0.05) is 23.2 Å². The van der Waals surface area contributed by atoms with Crippen molar-refractivity contribution in [3.05, 3.63) is 34.9 Å². The van der Waals surface area contributed by atoms with Gasteiger partial charge < -0.3 is 4.90 Å². The van der Waals surface area contributed by atoms with Gasteiger partial charge in [0.2, 0.25) is 5.91 Å². The minimum atomic E-state index is -3.03. The van der Waals surface area contributed by atoms with Crippen molar-refractivity contribution < 1.29 is 13.2 Å². The molecule has 0 radical (unpaired) electrons. The summed E-state index contributed by atoms with van der Waals surface area (Å²) in [5.74, 6) is 0.0503. The number of thioether (sulfide) groups is 1. The largest absolute Gasteiger partial charge is 0.342 e. The van der Waals surface area contributed by atoms with Gasteiger partial charge in [0.1, 0.15) is 0 Å². The lowest BCUT2D eigenvalue weighted by Crippen LogP contribution is -2.37. The molecule has 2 aliphatic rings. The molecule has 0 N–H and O–H groups in total. The SMILES string of the molecule is CCC(=O)N=C1SC2CS(=O)(=O)CC2N1Cc1ccccc1Cl. The van der Waals surface area contributed by atoms with Crippen LogP contribution >= 0.6 is 23.4 Å². The van der Waals surface area contributed by atoms with E-state index >= 15 is 0 Å². The van der Waals surface area contributed by atoms with E-state index in [1.54, 1.807) is 13.0 Å². The Bertz CT molecular complexity index is 764. The van der Waals surface area contributed by atoms with Crippen LogP contribution in [-0.2, 0) is 21.2 Å². The second-order valence-electron chi connectivity index (χ2n) is 5.66. The van der Waals surface area contributed by atoms with Crippen LogP contribution in [0.2, 0.25) is 5.02 Å². The number of carbonyl (C=O) groups excluding carboxylic acids is 1. The van der Waals surface area contributed by atoms with Crippen LogP contribution in [0.1, 0.15) is 18.9 Å². The fourth-order valence-electron chi connectivity index (χ4n) is 2.82. The van der Waals surface area contributed by atoms with Gasteiger partial charge in [-0.3, -0.25) is 4.79 Å². The molecule has 0 aliphatic carbocycles. The molecule has 0 spiro atoms. The summed E-state index contributed by atoms with van der Waals surface area (Å²) in [5, 5.41) is 1.18. The lowest BCUT2D eigenvalue weighted by Gasteiger charge is -2.24. The van der Waals surface area contributed by atoms with E-state index in [2.05, 4.69) is 4.99 Å². The van der Waals surface area contributed by atoms with E-state index in [0.717, 1.165) is 5.56 Å². The Kier molecular flexibility index (Phi) is 4.71. The van der Waals surface area contributed by atoms with Crippen LogP contribution < -0.4 is 0 Å². The van der Waals surface area contributed by atoms with Gasteiger partial charge in [0.05, 0.1) is 17.5 Å². The fourth-order valence-corrected chi connectivity index (χ4v) is 6.98. The Balaban J connectivity index is 1.92. The maximum atomic E-state index is 11.9. The number of benzene rings is 1. The van der Waals surface area contributed by atoms with Crippen LogP contribution in [0.15, 0.2) is 29.3 Å². The number of fused-ring (bicyclic) bond motifs is 1. The molecule has 0 saturated carbocycles. The average molecular weight is 373 g/mol. The predicted octanol–water partition coefficient (Wildman–Crippen LogP) is 2.35. The van der Waals surface area contributed by atoms with Gasteiger partial charge in [-0.25, -0.2) is 8.42 Å². The van der Waals surface area contributed by atoms with Crippen molar-refractivity contribution in [1.82, 2.24) is 4.90 Å². The lowest BCUT2D eigenvalue weighted by molar-refractivity contribution is -0.117. The van der Waals surface area contributed by atoms with Crippen molar-refractivity contribution in [2.45, 2.75) is 31.2 Å². The zero-order valence-corrected chi connectivity index (χ0v) is 15.0. The number of amides is 1. The Morgan fingerprint density at radius 1 is 1.39 bits per heavy atom. The number of rotatable bonds is 3. The van der Waals surface area contributed by atoms with Crippen LogP contribution in [0.4, 0.5) is 0 Å². The molecule has 2 saturated heterocycles. The van der Waals surface area contributed by atoms with Crippen LogP contribution in [0.5, 0.6) is 0 Å². The molecule has 2 atom stereocenters. The summed E-state index contributed by atoms with van der Waals surface area (Å²) in [6.07, 6.45) is 0.331. The van der Waals surface area contributed by atoms with E-state index < -0.39 is 9.84 Å². The van der Waals surface area contributed by atoms with Gasteiger partial charge in [-0.15, -0.1) is 0 Å². The minimum Gasteiger partial charge on any atom is -0.342 e. The molecular weight excluding hydrogens is 356 g/mol. The third kappa shape index (κ3) is 3.56. The Morgan fingerprint density at radius 2 is 2.13 bits per heavy atom. The number of halogens is 1. The van der Waals surface area contributed by atoms with Crippen LogP contribution in [-0.4, -0.2) is 47.2 Å². The summed E-state index contributed by atoms with van der Waals surface area (Å²) in [6.45, 7) is 2.22. The van der Waals surface area contributed by atoms with Gasteiger partial charge in [-0.1, -0.05) is 48.5 Å². The quantitative estimate of drug-likeness (QED) is 0.814. The molecular formula is C15H17ClN2O3S2. The molecule has 2 aliphatic heterocycles. The number of hydrogen-bond acceptors (Lipinski definition) is 4. The molecule has 2 heterocycles. The van der Waals surface area contributed by atoms with E-state index in [-0.39, 0.29) is 28.7 Å². The van der Waals surface area contributed by atoms with Gasteiger partial charge in [0.25, 0.3) is 0 Å². The monoisotopic (exact) mass is 372 g/mol. The number of carbonyl (C=O) groups is 1. The highest BCUT2D eigenvalue weighted by Crippen LogP contribution is 2.39. The van der Waals surface area contributed by atoms with Crippen LogP contribution in [0.25, 0.3) is 0 Å². The molecule has 5 nitrogen and oxygen atoms in total. The first-order valence-electron chi connectivity index (χ1n) is 7.38. The smallest absolute Gasteiger partial charge is 0.247 e. The van der Waals surface area contributed by atoms with E-state index in [4.69, 9.17) is 11.6 Å². The normalized spacial score (nSPS) is 27.4. The molecule has 124 valence electrons. The van der Waals surface area contributed by atoms with Gasteiger partial charge in [-0.05, 0) is 11.6 Å². The molecule has 0 bridgehead atoms. The zero-order valence-electron chi connectivity index (χ0n) is 12.6. The second kappa shape index (κ2) is 6.45. The highest BCUT2D eigenvalue weighted by Gasteiger charge is 2.48. The number of amidine groups is 1.